The van der Waals surface area contributed by atoms with E-state index in [0.29, 0.717) is 39.5 Å². The fourth-order valence-electron chi connectivity index (χ4n) is 4.98. The van der Waals surface area contributed by atoms with E-state index in [4.69, 9.17) is 23.2 Å². The number of aryl methyl sites for hydroxylation is 1. The Morgan fingerprint density at radius 2 is 1.62 bits per heavy atom. The van der Waals surface area contributed by atoms with Crippen LogP contribution in [0, 0.1) is 6.92 Å². The molecule has 0 aliphatic carbocycles. The van der Waals surface area contributed by atoms with Gasteiger partial charge in [-0.2, -0.15) is 0 Å². The maximum absolute atomic E-state index is 14.0. The van der Waals surface area contributed by atoms with Gasteiger partial charge in [0.15, 0.2) is 22.7 Å². The van der Waals surface area contributed by atoms with E-state index in [1.54, 1.807) is 31.2 Å². The van der Waals surface area contributed by atoms with Crippen molar-refractivity contribution in [2.75, 3.05) is 26.2 Å². The molecule has 186 valence electrons. The minimum Gasteiger partial charge on any atom is -0.493 e. The first-order valence-electron chi connectivity index (χ1n) is 11.5. The number of hydrogen-bond acceptors (Lipinski definition) is 8. The van der Waals surface area contributed by atoms with Gasteiger partial charge < -0.3 is 23.2 Å². The van der Waals surface area contributed by atoms with Crippen LogP contribution in [0.4, 0.5) is 5.82 Å². The van der Waals surface area contributed by atoms with Crippen molar-refractivity contribution in [2.24, 2.45) is 0 Å². The number of amides is 1. The monoisotopic (exact) mass is 498 g/mol. The van der Waals surface area contributed by atoms with E-state index in [9.17, 15) is 9.59 Å². The molecule has 1 aliphatic heterocycles. The lowest BCUT2D eigenvalue weighted by molar-refractivity contribution is 0.0969. The minimum absolute atomic E-state index is 0.0479. The van der Waals surface area contributed by atoms with Gasteiger partial charge in [0, 0.05) is 11.5 Å². The number of fused-ring (bicyclic) bond motifs is 4. The largest absolute Gasteiger partial charge is 0.493 e. The first-order chi connectivity index (χ1) is 18.0. The molecule has 0 radical (unpaired) electrons. The van der Waals surface area contributed by atoms with Crippen molar-refractivity contribution in [3.63, 3.8) is 0 Å². The molecule has 0 spiro atoms. The van der Waals surface area contributed by atoms with Crippen LogP contribution in [0.2, 0.25) is 0 Å². The Kier molecular flexibility index (Phi) is 5.15. The first-order valence-corrected chi connectivity index (χ1v) is 11.5. The quantitative estimate of drug-likeness (QED) is 0.311. The Hall–Kier alpha value is -4.79. The second-order valence-electron chi connectivity index (χ2n) is 8.67. The van der Waals surface area contributed by atoms with Crippen LogP contribution in [0.3, 0.4) is 0 Å². The van der Waals surface area contributed by atoms with Crippen molar-refractivity contribution in [3.8, 4) is 17.2 Å². The van der Waals surface area contributed by atoms with Crippen LogP contribution in [0.5, 0.6) is 17.2 Å². The zero-order valence-electron chi connectivity index (χ0n) is 20.5. The predicted octanol–water partition coefficient (Wildman–Crippen LogP) is 5.02. The SMILES string of the molecule is COc1cc([C@@H]2c3c(oc4c(ccc5ccccc54)c3=O)C(=O)N2c2cc(C)on2)cc(OC)c1OC. The molecule has 5 aromatic rings. The average molecular weight is 498 g/mol. The Morgan fingerprint density at radius 3 is 2.27 bits per heavy atom. The van der Waals surface area contributed by atoms with E-state index in [1.807, 2.05) is 30.3 Å². The van der Waals surface area contributed by atoms with E-state index in [0.717, 1.165) is 10.8 Å². The third-order valence-corrected chi connectivity index (χ3v) is 6.63. The summed E-state index contributed by atoms with van der Waals surface area (Å²) in [5, 5.41) is 6.09. The summed E-state index contributed by atoms with van der Waals surface area (Å²) in [7, 11) is 4.51. The molecular weight excluding hydrogens is 476 g/mol. The predicted molar refractivity (Wildman–Crippen MR) is 136 cm³/mol. The number of nitrogens with zero attached hydrogens (tertiary/aromatic N) is 2. The van der Waals surface area contributed by atoms with Crippen LogP contribution in [-0.2, 0) is 0 Å². The maximum atomic E-state index is 14.0. The molecule has 1 aliphatic rings. The van der Waals surface area contributed by atoms with Gasteiger partial charge in [0.1, 0.15) is 11.3 Å². The Bertz CT molecular complexity index is 1740. The molecule has 1 amide bonds. The molecule has 37 heavy (non-hydrogen) atoms. The highest BCUT2D eigenvalue weighted by molar-refractivity contribution is 6.12. The smallest absolute Gasteiger partial charge is 0.296 e. The molecule has 3 aromatic carbocycles. The van der Waals surface area contributed by atoms with Crippen molar-refractivity contribution in [1.29, 1.82) is 0 Å². The van der Waals surface area contributed by atoms with Crippen LogP contribution in [-0.4, -0.2) is 32.4 Å². The summed E-state index contributed by atoms with van der Waals surface area (Å²) in [4.78, 5) is 29.3. The topological polar surface area (TPSA) is 104 Å². The summed E-state index contributed by atoms with van der Waals surface area (Å²) >= 11 is 0. The molecule has 0 N–H and O–H groups in total. The molecule has 2 aromatic heterocycles. The van der Waals surface area contributed by atoms with Gasteiger partial charge >= 0.3 is 0 Å². The third-order valence-electron chi connectivity index (χ3n) is 6.63. The van der Waals surface area contributed by atoms with Gasteiger partial charge in [-0.05, 0) is 36.1 Å². The van der Waals surface area contributed by atoms with Crippen LogP contribution in [0.25, 0.3) is 21.7 Å². The molecule has 0 saturated carbocycles. The van der Waals surface area contributed by atoms with Gasteiger partial charge in [0.2, 0.25) is 11.5 Å². The molecule has 0 bridgehead atoms. The summed E-state index contributed by atoms with van der Waals surface area (Å²) in [6.07, 6.45) is 0. The van der Waals surface area contributed by atoms with Crippen LogP contribution in [0.1, 0.15) is 33.5 Å². The summed E-state index contributed by atoms with van der Waals surface area (Å²) in [6, 6.07) is 15.3. The molecular formula is C28H22N2O7. The fraction of sp³-hybridized carbons (Fsp3) is 0.179. The number of ether oxygens (including phenoxy) is 3. The average Bonchev–Trinajstić information content (AvgIpc) is 3.48. The normalized spacial score (nSPS) is 14.9. The zero-order chi connectivity index (χ0) is 25.8. The molecule has 6 rings (SSSR count). The van der Waals surface area contributed by atoms with Crippen molar-refractivity contribution < 1.29 is 27.9 Å². The number of rotatable bonds is 5. The lowest BCUT2D eigenvalue weighted by atomic mass is 9.97. The zero-order valence-corrected chi connectivity index (χ0v) is 20.5. The van der Waals surface area contributed by atoms with Gasteiger partial charge in [-0.3, -0.25) is 14.5 Å². The molecule has 9 heteroatoms. The van der Waals surface area contributed by atoms with E-state index >= 15 is 0 Å². The molecule has 0 saturated heterocycles. The van der Waals surface area contributed by atoms with Crippen molar-refractivity contribution >= 4 is 33.5 Å². The van der Waals surface area contributed by atoms with Gasteiger partial charge in [-0.15, -0.1) is 0 Å². The fourth-order valence-corrected chi connectivity index (χ4v) is 4.98. The highest BCUT2D eigenvalue weighted by Crippen LogP contribution is 2.46. The Morgan fingerprint density at radius 1 is 0.892 bits per heavy atom. The van der Waals surface area contributed by atoms with Crippen molar-refractivity contribution in [2.45, 2.75) is 13.0 Å². The summed E-state index contributed by atoms with van der Waals surface area (Å²) < 4.78 is 28.1. The highest BCUT2D eigenvalue weighted by Gasteiger charge is 2.45. The van der Waals surface area contributed by atoms with Crippen molar-refractivity contribution in [3.05, 3.63) is 87.5 Å². The highest BCUT2D eigenvalue weighted by atomic mass is 16.5. The molecule has 3 heterocycles. The summed E-state index contributed by atoms with van der Waals surface area (Å²) in [5.41, 5.74) is 0.797. The minimum atomic E-state index is -0.882. The molecule has 0 fully saturated rings. The second kappa shape index (κ2) is 8.41. The Labute approximate surface area is 210 Å². The Balaban J connectivity index is 1.69. The number of aromatic nitrogens is 1. The number of carbonyl (C=O) groups is 1. The van der Waals surface area contributed by atoms with E-state index < -0.39 is 11.9 Å². The molecule has 1 atom stereocenters. The van der Waals surface area contributed by atoms with Gasteiger partial charge in [-0.1, -0.05) is 35.5 Å². The van der Waals surface area contributed by atoms with E-state index in [1.165, 1.54) is 26.2 Å². The van der Waals surface area contributed by atoms with Gasteiger partial charge in [-0.25, -0.2) is 0 Å². The lowest BCUT2D eigenvalue weighted by Crippen LogP contribution is -2.29. The van der Waals surface area contributed by atoms with E-state index in [-0.39, 0.29) is 22.6 Å². The molecule has 9 nitrogen and oxygen atoms in total. The van der Waals surface area contributed by atoms with Gasteiger partial charge in [0.25, 0.3) is 5.91 Å². The first kappa shape index (κ1) is 22.7. The van der Waals surface area contributed by atoms with Crippen LogP contribution >= 0.6 is 0 Å². The summed E-state index contributed by atoms with van der Waals surface area (Å²) in [5.74, 6) is 1.36. The van der Waals surface area contributed by atoms with Crippen LogP contribution < -0.4 is 24.5 Å². The van der Waals surface area contributed by atoms with Gasteiger partial charge in [0.05, 0.1) is 38.3 Å². The number of benzene rings is 3. The van der Waals surface area contributed by atoms with E-state index in [2.05, 4.69) is 5.16 Å². The number of anilines is 1. The maximum Gasteiger partial charge on any atom is 0.296 e. The second-order valence-corrected chi connectivity index (χ2v) is 8.67. The number of hydrogen-bond donors (Lipinski definition) is 0. The number of methoxy groups -OCH3 is 3. The van der Waals surface area contributed by atoms with Crippen molar-refractivity contribution in [1.82, 2.24) is 5.16 Å². The summed E-state index contributed by atoms with van der Waals surface area (Å²) in [6.45, 7) is 1.72. The number of carbonyl (C=O) groups excluding carboxylic acids is 1. The van der Waals surface area contributed by atoms with Crippen LogP contribution in [0.15, 0.2) is 68.3 Å². The third kappa shape index (κ3) is 3.27. The molecule has 0 unspecified atom stereocenters. The standard InChI is InChI=1S/C28H22N2O7/c1-14-11-21(29-37-14)30-23(16-12-19(33-2)26(35-4)20(13-16)34-3)22-24(31)18-10-9-15-7-5-6-8-17(15)25(18)36-27(22)28(30)32/h5-13,23H,1-4H3/t23-/m1/s1. The lowest BCUT2D eigenvalue weighted by Gasteiger charge is -2.24.